The van der Waals surface area contributed by atoms with Gasteiger partial charge in [-0.1, -0.05) is 0 Å². The van der Waals surface area contributed by atoms with Gasteiger partial charge in [-0.05, 0) is 44.9 Å². The van der Waals surface area contributed by atoms with Crippen LogP contribution in [-0.2, 0) is 10.0 Å². The number of sulfonamides is 1. The van der Waals surface area contributed by atoms with E-state index in [0.29, 0.717) is 5.56 Å². The zero-order valence-electron chi connectivity index (χ0n) is 11.2. The molecule has 1 aromatic rings. The minimum Gasteiger partial charge on any atom is -0.398 e. The van der Waals surface area contributed by atoms with Gasteiger partial charge in [0.05, 0.1) is 0 Å². The lowest BCUT2D eigenvalue weighted by Crippen LogP contribution is -2.44. The Kier molecular flexibility index (Phi) is 4.54. The number of hydrogen-bond donors (Lipinski definition) is 3. The molecule has 0 saturated carbocycles. The van der Waals surface area contributed by atoms with Gasteiger partial charge in [-0.15, -0.1) is 0 Å². The standard InChI is InChI=1S/C12H19FN2O3S/c1-8-6-9(13)11(7-10(8)14)19(17,18)15-12(2,3)4-5-16/h6-7,15-16H,4-5,14H2,1-3H3. The molecule has 1 aromatic carbocycles. The zero-order chi connectivity index (χ0) is 14.8. The van der Waals surface area contributed by atoms with Crippen molar-refractivity contribution < 1.29 is 17.9 Å². The third-order valence-corrected chi connectivity index (χ3v) is 4.47. The van der Waals surface area contributed by atoms with Crippen LogP contribution in [0.2, 0.25) is 0 Å². The molecule has 0 bridgehead atoms. The van der Waals surface area contributed by atoms with E-state index in [1.165, 1.54) is 0 Å². The van der Waals surface area contributed by atoms with E-state index in [1.807, 2.05) is 0 Å². The molecule has 0 fully saturated rings. The van der Waals surface area contributed by atoms with Crippen LogP contribution in [0.1, 0.15) is 25.8 Å². The van der Waals surface area contributed by atoms with Crippen LogP contribution in [0.5, 0.6) is 0 Å². The maximum Gasteiger partial charge on any atom is 0.244 e. The number of aliphatic hydroxyl groups is 1. The Labute approximate surface area is 112 Å². The highest BCUT2D eigenvalue weighted by molar-refractivity contribution is 7.89. The molecule has 0 heterocycles. The van der Waals surface area contributed by atoms with Gasteiger partial charge >= 0.3 is 0 Å². The number of benzene rings is 1. The van der Waals surface area contributed by atoms with Gasteiger partial charge in [0.15, 0.2) is 0 Å². The van der Waals surface area contributed by atoms with Crippen LogP contribution < -0.4 is 10.5 Å². The van der Waals surface area contributed by atoms with Crippen molar-refractivity contribution in [1.82, 2.24) is 4.72 Å². The summed E-state index contributed by atoms with van der Waals surface area (Å²) in [7, 11) is -4.03. The number of halogens is 1. The molecule has 0 saturated heterocycles. The predicted molar refractivity (Wildman–Crippen MR) is 71.7 cm³/mol. The summed E-state index contributed by atoms with van der Waals surface area (Å²) in [5.74, 6) is -0.848. The van der Waals surface area contributed by atoms with Gasteiger partial charge in [0.1, 0.15) is 10.7 Å². The van der Waals surface area contributed by atoms with Crippen molar-refractivity contribution in [3.05, 3.63) is 23.5 Å². The smallest absolute Gasteiger partial charge is 0.244 e. The topological polar surface area (TPSA) is 92.4 Å². The second-order valence-electron chi connectivity index (χ2n) is 5.10. The average Bonchev–Trinajstić information content (AvgIpc) is 2.21. The van der Waals surface area contributed by atoms with Crippen molar-refractivity contribution in [1.29, 1.82) is 0 Å². The number of aryl methyl sites for hydroxylation is 1. The second kappa shape index (κ2) is 5.44. The highest BCUT2D eigenvalue weighted by atomic mass is 32.2. The van der Waals surface area contributed by atoms with Gasteiger partial charge < -0.3 is 10.8 Å². The largest absolute Gasteiger partial charge is 0.398 e. The number of rotatable bonds is 5. The lowest BCUT2D eigenvalue weighted by molar-refractivity contribution is 0.245. The van der Waals surface area contributed by atoms with E-state index in [2.05, 4.69) is 4.72 Å². The molecule has 0 amide bonds. The quantitative estimate of drug-likeness (QED) is 0.709. The average molecular weight is 290 g/mol. The van der Waals surface area contributed by atoms with Gasteiger partial charge in [0.2, 0.25) is 10.0 Å². The van der Waals surface area contributed by atoms with E-state index < -0.39 is 26.3 Å². The Hall–Kier alpha value is -1.18. The summed E-state index contributed by atoms with van der Waals surface area (Å²) < 4.78 is 40.4. The SMILES string of the molecule is Cc1cc(F)c(S(=O)(=O)NC(C)(C)CCO)cc1N. The molecule has 19 heavy (non-hydrogen) atoms. The fourth-order valence-electron chi connectivity index (χ4n) is 1.62. The van der Waals surface area contributed by atoms with Gasteiger partial charge in [-0.2, -0.15) is 0 Å². The summed E-state index contributed by atoms with van der Waals surface area (Å²) in [5.41, 5.74) is 5.42. The number of hydrogen-bond acceptors (Lipinski definition) is 4. The molecular weight excluding hydrogens is 271 g/mol. The number of nitrogens with one attached hydrogen (secondary N) is 1. The maximum atomic E-state index is 13.8. The third kappa shape index (κ3) is 3.89. The van der Waals surface area contributed by atoms with E-state index in [0.717, 1.165) is 12.1 Å². The molecule has 0 unspecified atom stereocenters. The molecule has 0 aromatic heterocycles. The molecule has 4 N–H and O–H groups in total. The van der Waals surface area contributed by atoms with Crippen molar-refractivity contribution in [2.24, 2.45) is 0 Å². The Bertz CT molecular complexity index is 571. The fourth-order valence-corrected chi connectivity index (χ4v) is 3.16. The van der Waals surface area contributed by atoms with Gasteiger partial charge in [-0.3, -0.25) is 0 Å². The van der Waals surface area contributed by atoms with E-state index in [9.17, 15) is 12.8 Å². The first-order valence-electron chi connectivity index (χ1n) is 5.79. The van der Waals surface area contributed by atoms with Crippen molar-refractivity contribution in [2.75, 3.05) is 12.3 Å². The molecule has 0 aliphatic carbocycles. The molecule has 1 rings (SSSR count). The van der Waals surface area contributed by atoms with E-state index in [4.69, 9.17) is 10.8 Å². The lowest BCUT2D eigenvalue weighted by Gasteiger charge is -2.25. The molecule has 0 atom stereocenters. The number of aliphatic hydroxyl groups excluding tert-OH is 1. The van der Waals surface area contributed by atoms with Crippen LogP contribution in [0, 0.1) is 12.7 Å². The van der Waals surface area contributed by atoms with Crippen molar-refractivity contribution in [3.63, 3.8) is 0 Å². The molecule has 5 nitrogen and oxygen atoms in total. The normalized spacial score (nSPS) is 12.7. The molecule has 108 valence electrons. The summed E-state index contributed by atoms with van der Waals surface area (Å²) in [6.45, 7) is 4.64. The van der Waals surface area contributed by atoms with E-state index >= 15 is 0 Å². The highest BCUT2D eigenvalue weighted by Gasteiger charge is 2.28. The summed E-state index contributed by atoms with van der Waals surface area (Å²) in [5, 5.41) is 8.88. The Morgan fingerprint density at radius 3 is 2.53 bits per heavy atom. The maximum absolute atomic E-state index is 13.8. The van der Waals surface area contributed by atoms with Gasteiger partial charge in [-0.25, -0.2) is 17.5 Å². The van der Waals surface area contributed by atoms with Gasteiger partial charge in [0, 0.05) is 17.8 Å². The number of nitrogen functional groups attached to an aromatic ring is 1. The molecule has 0 aliphatic heterocycles. The van der Waals surface area contributed by atoms with Crippen molar-refractivity contribution >= 4 is 15.7 Å². The number of nitrogens with two attached hydrogens (primary N) is 1. The highest BCUT2D eigenvalue weighted by Crippen LogP contribution is 2.23. The summed E-state index contributed by atoms with van der Waals surface area (Å²) in [4.78, 5) is -0.485. The van der Waals surface area contributed by atoms with Crippen molar-refractivity contribution in [2.45, 2.75) is 37.6 Å². The van der Waals surface area contributed by atoms with Crippen LogP contribution in [-0.4, -0.2) is 25.7 Å². The first-order valence-corrected chi connectivity index (χ1v) is 7.28. The van der Waals surface area contributed by atoms with Crippen LogP contribution in [0.3, 0.4) is 0 Å². The second-order valence-corrected chi connectivity index (χ2v) is 6.75. The predicted octanol–water partition coefficient (Wildman–Crippen LogP) is 1.16. The van der Waals surface area contributed by atoms with Crippen LogP contribution in [0.15, 0.2) is 17.0 Å². The monoisotopic (exact) mass is 290 g/mol. The van der Waals surface area contributed by atoms with Crippen LogP contribution in [0.4, 0.5) is 10.1 Å². The van der Waals surface area contributed by atoms with Crippen LogP contribution >= 0.6 is 0 Å². The molecule has 7 heteroatoms. The van der Waals surface area contributed by atoms with Crippen LogP contribution in [0.25, 0.3) is 0 Å². The number of anilines is 1. The first kappa shape index (κ1) is 15.9. The van der Waals surface area contributed by atoms with Gasteiger partial charge in [0.25, 0.3) is 0 Å². The summed E-state index contributed by atoms with van der Waals surface area (Å²) in [6, 6.07) is 2.19. The van der Waals surface area contributed by atoms with E-state index in [1.54, 1.807) is 20.8 Å². The lowest BCUT2D eigenvalue weighted by atomic mass is 10.0. The minimum atomic E-state index is -4.03. The Morgan fingerprint density at radius 2 is 2.00 bits per heavy atom. The molecule has 0 aliphatic rings. The van der Waals surface area contributed by atoms with Crippen molar-refractivity contribution in [3.8, 4) is 0 Å². The zero-order valence-corrected chi connectivity index (χ0v) is 12.0. The third-order valence-electron chi connectivity index (χ3n) is 2.76. The minimum absolute atomic E-state index is 0.173. The summed E-state index contributed by atoms with van der Waals surface area (Å²) >= 11 is 0. The van der Waals surface area contributed by atoms with E-state index in [-0.39, 0.29) is 18.7 Å². The Morgan fingerprint density at radius 1 is 1.42 bits per heavy atom. The molecule has 0 spiro atoms. The molecule has 0 radical (unpaired) electrons. The summed E-state index contributed by atoms with van der Waals surface area (Å²) in [6.07, 6.45) is 0.217. The fraction of sp³-hybridized carbons (Fsp3) is 0.500. The Balaban J connectivity index is 3.18. The first-order chi connectivity index (χ1) is 8.59. The molecular formula is C12H19FN2O3S.